The quantitative estimate of drug-likeness (QED) is 0.449. The average Bonchev–Trinajstić information content (AvgIpc) is 1.86. The molecule has 0 aliphatic rings. The van der Waals surface area contributed by atoms with E-state index in [2.05, 4.69) is 6.92 Å². The number of methoxy groups -OCH3 is 1. The molecule has 2 unspecified atom stereocenters. The number of rotatable bonds is 6. The van der Waals surface area contributed by atoms with Gasteiger partial charge in [-0.1, -0.05) is 6.92 Å². The Balaban J connectivity index is 3.15. The Kier molecular flexibility index (Phi) is 7.09. The Bertz CT molecular complexity index is 83.6. The summed E-state index contributed by atoms with van der Waals surface area (Å²) >= 11 is 5.85. The number of hydrogen-bond donors (Lipinski definition) is 0. The Morgan fingerprint density at radius 1 is 1.36 bits per heavy atom. The number of hydrogen-bond acceptors (Lipinski definition) is 1. The second-order valence-electron chi connectivity index (χ2n) is 3.26. The fourth-order valence-corrected chi connectivity index (χ4v) is 1.55. The van der Waals surface area contributed by atoms with E-state index in [4.69, 9.17) is 16.3 Å². The third kappa shape index (κ3) is 8.15. The molecule has 0 N–H and O–H groups in total. The summed E-state index contributed by atoms with van der Waals surface area (Å²) < 4.78 is 4.96. The summed E-state index contributed by atoms with van der Waals surface area (Å²) in [6, 6.07) is 0. The van der Waals surface area contributed by atoms with Gasteiger partial charge in [-0.25, -0.2) is 0 Å². The van der Waals surface area contributed by atoms with Gasteiger partial charge in [0.2, 0.25) is 0 Å². The van der Waals surface area contributed by atoms with Crippen LogP contribution < -0.4 is 0 Å². The lowest BCUT2D eigenvalue weighted by atomic mass is 10.0. The van der Waals surface area contributed by atoms with E-state index in [0.29, 0.717) is 5.38 Å². The Hall–Kier alpha value is 0.250. The van der Waals surface area contributed by atoms with Crippen LogP contribution in [-0.4, -0.2) is 19.1 Å². The summed E-state index contributed by atoms with van der Waals surface area (Å²) in [5.41, 5.74) is 0. The van der Waals surface area contributed by atoms with Crippen molar-refractivity contribution in [3.05, 3.63) is 0 Å². The molecule has 2 atom stereocenters. The van der Waals surface area contributed by atoms with Gasteiger partial charge in [0.1, 0.15) is 0 Å². The SMILES string of the molecule is COCCCC(C)CC(C)Cl. The summed E-state index contributed by atoms with van der Waals surface area (Å²) in [5, 5.41) is 0.313. The molecule has 0 amide bonds. The van der Waals surface area contributed by atoms with Crippen molar-refractivity contribution in [1.82, 2.24) is 0 Å². The summed E-state index contributed by atoms with van der Waals surface area (Å²) in [5.74, 6) is 0.734. The predicted molar refractivity (Wildman–Crippen MR) is 50.2 cm³/mol. The van der Waals surface area contributed by atoms with Crippen molar-refractivity contribution >= 4 is 11.6 Å². The normalized spacial score (nSPS) is 16.4. The summed E-state index contributed by atoms with van der Waals surface area (Å²) in [6.07, 6.45) is 3.50. The van der Waals surface area contributed by atoms with E-state index in [9.17, 15) is 0 Å². The van der Waals surface area contributed by atoms with Crippen LogP contribution in [0.25, 0.3) is 0 Å². The highest BCUT2D eigenvalue weighted by atomic mass is 35.5. The molecule has 0 aromatic rings. The minimum atomic E-state index is 0.313. The summed E-state index contributed by atoms with van der Waals surface area (Å²) in [6.45, 7) is 5.17. The molecule has 0 saturated heterocycles. The molecule has 0 aromatic carbocycles. The van der Waals surface area contributed by atoms with Crippen molar-refractivity contribution in [2.24, 2.45) is 5.92 Å². The first-order valence-corrected chi connectivity index (χ1v) is 4.73. The first kappa shape index (κ1) is 11.2. The van der Waals surface area contributed by atoms with E-state index in [1.807, 2.05) is 6.92 Å². The van der Waals surface area contributed by atoms with E-state index >= 15 is 0 Å². The van der Waals surface area contributed by atoms with Crippen LogP contribution in [0.3, 0.4) is 0 Å². The first-order chi connectivity index (χ1) is 5.16. The number of halogens is 1. The van der Waals surface area contributed by atoms with Gasteiger partial charge in [0.05, 0.1) is 0 Å². The third-order valence-corrected chi connectivity index (χ3v) is 1.95. The maximum atomic E-state index is 5.85. The third-order valence-electron chi connectivity index (χ3n) is 1.77. The lowest BCUT2D eigenvalue weighted by Gasteiger charge is -2.11. The smallest absolute Gasteiger partial charge is 0.0462 e. The monoisotopic (exact) mass is 178 g/mol. The van der Waals surface area contributed by atoms with Gasteiger partial charge in [0, 0.05) is 19.1 Å². The van der Waals surface area contributed by atoms with Crippen LogP contribution in [0, 0.1) is 5.92 Å². The van der Waals surface area contributed by atoms with Crippen LogP contribution in [-0.2, 0) is 4.74 Å². The molecular weight excluding hydrogens is 160 g/mol. The van der Waals surface area contributed by atoms with Crippen LogP contribution in [0.1, 0.15) is 33.1 Å². The molecular formula is C9H19ClO. The number of alkyl halides is 1. The van der Waals surface area contributed by atoms with Gasteiger partial charge in [-0.15, -0.1) is 11.6 Å². The van der Waals surface area contributed by atoms with Crippen LogP contribution >= 0.6 is 11.6 Å². The van der Waals surface area contributed by atoms with Gasteiger partial charge in [-0.05, 0) is 32.1 Å². The minimum Gasteiger partial charge on any atom is -0.385 e. The van der Waals surface area contributed by atoms with Crippen LogP contribution in [0.5, 0.6) is 0 Å². The van der Waals surface area contributed by atoms with Crippen LogP contribution in [0.4, 0.5) is 0 Å². The maximum Gasteiger partial charge on any atom is 0.0462 e. The molecule has 0 aliphatic heterocycles. The van der Waals surface area contributed by atoms with E-state index in [1.165, 1.54) is 6.42 Å². The zero-order valence-electron chi connectivity index (χ0n) is 7.77. The molecule has 0 bridgehead atoms. The van der Waals surface area contributed by atoms with Gasteiger partial charge in [0.15, 0.2) is 0 Å². The Labute approximate surface area is 75.1 Å². The van der Waals surface area contributed by atoms with E-state index < -0.39 is 0 Å². The maximum absolute atomic E-state index is 5.85. The molecule has 1 nitrogen and oxygen atoms in total. The van der Waals surface area contributed by atoms with Crippen LogP contribution in [0.2, 0.25) is 0 Å². The van der Waals surface area contributed by atoms with Gasteiger partial charge in [-0.2, -0.15) is 0 Å². The van der Waals surface area contributed by atoms with Gasteiger partial charge >= 0.3 is 0 Å². The molecule has 0 rings (SSSR count). The van der Waals surface area contributed by atoms with Gasteiger partial charge in [-0.3, -0.25) is 0 Å². The largest absolute Gasteiger partial charge is 0.385 e. The molecule has 0 aliphatic carbocycles. The highest BCUT2D eigenvalue weighted by molar-refractivity contribution is 6.20. The molecule has 0 saturated carbocycles. The fraction of sp³-hybridized carbons (Fsp3) is 1.00. The van der Waals surface area contributed by atoms with Gasteiger partial charge < -0.3 is 4.74 Å². The van der Waals surface area contributed by atoms with Crippen LogP contribution in [0.15, 0.2) is 0 Å². The van der Waals surface area contributed by atoms with Crippen molar-refractivity contribution in [1.29, 1.82) is 0 Å². The van der Waals surface area contributed by atoms with Crippen molar-refractivity contribution in [2.45, 2.75) is 38.5 Å². The Morgan fingerprint density at radius 2 is 2.00 bits per heavy atom. The molecule has 0 radical (unpaired) electrons. The second-order valence-corrected chi connectivity index (χ2v) is 4.00. The lowest BCUT2D eigenvalue weighted by Crippen LogP contribution is -2.03. The molecule has 0 fully saturated rings. The summed E-state index contributed by atoms with van der Waals surface area (Å²) in [7, 11) is 1.74. The molecule has 0 aromatic heterocycles. The second kappa shape index (κ2) is 6.93. The zero-order valence-corrected chi connectivity index (χ0v) is 8.53. The Morgan fingerprint density at radius 3 is 2.45 bits per heavy atom. The van der Waals surface area contributed by atoms with Crippen molar-refractivity contribution in [2.75, 3.05) is 13.7 Å². The van der Waals surface area contributed by atoms with Crippen molar-refractivity contribution in [3.8, 4) is 0 Å². The van der Waals surface area contributed by atoms with Crippen molar-refractivity contribution < 1.29 is 4.74 Å². The molecule has 0 spiro atoms. The molecule has 68 valence electrons. The number of ether oxygens (including phenoxy) is 1. The topological polar surface area (TPSA) is 9.23 Å². The minimum absolute atomic E-state index is 0.313. The van der Waals surface area contributed by atoms with E-state index in [0.717, 1.165) is 25.4 Å². The molecule has 2 heteroatoms. The molecule has 0 heterocycles. The predicted octanol–water partition coefficient (Wildman–Crippen LogP) is 3.07. The average molecular weight is 179 g/mol. The zero-order chi connectivity index (χ0) is 8.69. The highest BCUT2D eigenvalue weighted by Crippen LogP contribution is 2.15. The first-order valence-electron chi connectivity index (χ1n) is 4.29. The van der Waals surface area contributed by atoms with Crippen molar-refractivity contribution in [3.63, 3.8) is 0 Å². The lowest BCUT2D eigenvalue weighted by molar-refractivity contribution is 0.187. The fourth-order valence-electron chi connectivity index (χ4n) is 1.25. The standard InChI is InChI=1S/C9H19ClO/c1-8(7-9(2)10)5-4-6-11-3/h8-9H,4-7H2,1-3H3. The van der Waals surface area contributed by atoms with Gasteiger partial charge in [0.25, 0.3) is 0 Å². The van der Waals surface area contributed by atoms with E-state index in [-0.39, 0.29) is 0 Å². The summed E-state index contributed by atoms with van der Waals surface area (Å²) in [4.78, 5) is 0. The van der Waals surface area contributed by atoms with E-state index in [1.54, 1.807) is 7.11 Å². The highest BCUT2D eigenvalue weighted by Gasteiger charge is 2.05. The molecule has 11 heavy (non-hydrogen) atoms.